The first-order valence-electron chi connectivity index (χ1n) is 8.04. The van der Waals surface area contributed by atoms with E-state index in [0.29, 0.717) is 19.4 Å². The van der Waals surface area contributed by atoms with Crippen molar-refractivity contribution >= 4 is 17.7 Å². The first-order valence-corrected chi connectivity index (χ1v) is 8.04. The van der Waals surface area contributed by atoms with Gasteiger partial charge in [-0.1, -0.05) is 30.3 Å². The molecule has 1 aliphatic heterocycles. The van der Waals surface area contributed by atoms with Gasteiger partial charge in [0, 0.05) is 19.0 Å². The molecule has 23 heavy (non-hydrogen) atoms. The first kappa shape index (κ1) is 15.5. The third kappa shape index (κ3) is 4.09. The summed E-state index contributed by atoms with van der Waals surface area (Å²) in [6.07, 6.45) is 2.91. The van der Waals surface area contributed by atoms with Crippen LogP contribution in [0.25, 0.3) is 0 Å². The number of hydrogen-bond acceptors (Lipinski definition) is 3. The van der Waals surface area contributed by atoms with Crippen LogP contribution in [0.1, 0.15) is 31.2 Å². The molecular weight excluding hydrogens is 294 g/mol. The highest BCUT2D eigenvalue weighted by molar-refractivity contribution is 5.93. The molecule has 1 saturated heterocycles. The van der Waals surface area contributed by atoms with Gasteiger partial charge < -0.3 is 15.5 Å². The maximum atomic E-state index is 12.3. The quantitative estimate of drug-likeness (QED) is 0.806. The number of nitrogens with one attached hydrogen (secondary N) is 2. The van der Waals surface area contributed by atoms with E-state index in [1.807, 2.05) is 30.3 Å². The Morgan fingerprint density at radius 1 is 1.13 bits per heavy atom. The molecule has 1 heterocycles. The average Bonchev–Trinajstić information content (AvgIpc) is 3.29. The van der Waals surface area contributed by atoms with Gasteiger partial charge in [-0.05, 0) is 24.8 Å². The fraction of sp³-hybridized carbons (Fsp3) is 0.471. The summed E-state index contributed by atoms with van der Waals surface area (Å²) in [4.78, 5) is 37.6. The standard InChI is InChI=1S/C17H21N3O3/c21-15(19-13-6-7-13)10-18-17(23)14-8-9-16(22)20(14)11-12-4-2-1-3-5-12/h1-5,13-14H,6-11H2,(H,18,23)(H,19,21). The Hall–Kier alpha value is -2.37. The molecule has 0 radical (unpaired) electrons. The number of rotatable bonds is 6. The average molecular weight is 315 g/mol. The van der Waals surface area contributed by atoms with Gasteiger partial charge >= 0.3 is 0 Å². The molecule has 1 atom stereocenters. The molecule has 1 saturated carbocycles. The summed E-state index contributed by atoms with van der Waals surface area (Å²) in [5.41, 5.74) is 0.993. The second-order valence-electron chi connectivity index (χ2n) is 6.12. The topological polar surface area (TPSA) is 78.5 Å². The zero-order valence-electron chi connectivity index (χ0n) is 13.0. The van der Waals surface area contributed by atoms with Gasteiger partial charge in [-0.25, -0.2) is 0 Å². The van der Waals surface area contributed by atoms with Gasteiger partial charge in [0.1, 0.15) is 6.04 Å². The van der Waals surface area contributed by atoms with E-state index < -0.39 is 6.04 Å². The van der Waals surface area contributed by atoms with Crippen LogP contribution in [0.4, 0.5) is 0 Å². The summed E-state index contributed by atoms with van der Waals surface area (Å²) >= 11 is 0. The van der Waals surface area contributed by atoms with Crippen LogP contribution < -0.4 is 10.6 Å². The SMILES string of the molecule is O=C(CNC(=O)C1CCC(=O)N1Cc1ccccc1)NC1CC1. The second kappa shape index (κ2) is 6.81. The lowest BCUT2D eigenvalue weighted by atomic mass is 10.1. The summed E-state index contributed by atoms with van der Waals surface area (Å²) in [6.45, 7) is 0.394. The summed E-state index contributed by atoms with van der Waals surface area (Å²) in [5.74, 6) is -0.436. The van der Waals surface area contributed by atoms with E-state index in [1.165, 1.54) is 0 Å². The third-order valence-electron chi connectivity index (χ3n) is 4.19. The minimum Gasteiger partial charge on any atom is -0.352 e. The number of amides is 3. The molecule has 6 nitrogen and oxygen atoms in total. The molecule has 0 aromatic heterocycles. The highest BCUT2D eigenvalue weighted by Crippen LogP contribution is 2.21. The van der Waals surface area contributed by atoms with Crippen molar-refractivity contribution in [1.82, 2.24) is 15.5 Å². The number of carbonyl (C=O) groups excluding carboxylic acids is 3. The lowest BCUT2D eigenvalue weighted by molar-refractivity contribution is -0.136. The van der Waals surface area contributed by atoms with E-state index in [9.17, 15) is 14.4 Å². The van der Waals surface area contributed by atoms with Gasteiger partial charge in [0.2, 0.25) is 17.7 Å². The van der Waals surface area contributed by atoms with Gasteiger partial charge in [0.05, 0.1) is 6.54 Å². The fourth-order valence-electron chi connectivity index (χ4n) is 2.78. The van der Waals surface area contributed by atoms with Gasteiger partial charge in [-0.3, -0.25) is 14.4 Å². The van der Waals surface area contributed by atoms with E-state index in [1.54, 1.807) is 4.90 Å². The lowest BCUT2D eigenvalue weighted by Crippen LogP contribution is -2.47. The molecule has 3 amide bonds. The summed E-state index contributed by atoms with van der Waals surface area (Å²) < 4.78 is 0. The van der Waals surface area contributed by atoms with Crippen molar-refractivity contribution in [3.63, 3.8) is 0 Å². The maximum absolute atomic E-state index is 12.3. The van der Waals surface area contributed by atoms with E-state index >= 15 is 0 Å². The van der Waals surface area contributed by atoms with Crippen LogP contribution >= 0.6 is 0 Å². The van der Waals surface area contributed by atoms with Gasteiger partial charge in [-0.2, -0.15) is 0 Å². The summed E-state index contributed by atoms with van der Waals surface area (Å²) in [7, 11) is 0. The predicted molar refractivity (Wildman–Crippen MR) is 84.2 cm³/mol. The van der Waals surface area contributed by atoms with Gasteiger partial charge in [-0.15, -0.1) is 0 Å². The molecule has 2 fully saturated rings. The van der Waals surface area contributed by atoms with Crippen molar-refractivity contribution in [2.24, 2.45) is 0 Å². The smallest absolute Gasteiger partial charge is 0.243 e. The molecular formula is C17H21N3O3. The zero-order chi connectivity index (χ0) is 16.2. The van der Waals surface area contributed by atoms with Gasteiger partial charge in [0.25, 0.3) is 0 Å². The maximum Gasteiger partial charge on any atom is 0.243 e. The van der Waals surface area contributed by atoms with E-state index in [-0.39, 0.29) is 30.3 Å². The monoisotopic (exact) mass is 315 g/mol. The molecule has 2 N–H and O–H groups in total. The van der Waals surface area contributed by atoms with Crippen LogP contribution in [0.3, 0.4) is 0 Å². The minimum absolute atomic E-state index is 0.0172. The van der Waals surface area contributed by atoms with Crippen molar-refractivity contribution < 1.29 is 14.4 Å². The molecule has 2 aliphatic rings. The summed E-state index contributed by atoms with van der Waals surface area (Å²) in [6, 6.07) is 9.39. The second-order valence-corrected chi connectivity index (χ2v) is 6.12. The van der Waals surface area contributed by atoms with E-state index in [2.05, 4.69) is 10.6 Å². The molecule has 122 valence electrons. The highest BCUT2D eigenvalue weighted by atomic mass is 16.2. The number of benzene rings is 1. The molecule has 1 aromatic rings. The minimum atomic E-state index is -0.489. The summed E-state index contributed by atoms with van der Waals surface area (Å²) in [5, 5.41) is 5.47. The van der Waals surface area contributed by atoms with Crippen molar-refractivity contribution in [3.05, 3.63) is 35.9 Å². The lowest BCUT2D eigenvalue weighted by Gasteiger charge is -2.24. The molecule has 3 rings (SSSR count). The Morgan fingerprint density at radius 3 is 2.57 bits per heavy atom. The molecule has 1 aliphatic carbocycles. The van der Waals surface area contributed by atoms with Crippen LogP contribution in [0.15, 0.2) is 30.3 Å². The number of likely N-dealkylation sites (tertiary alicyclic amines) is 1. The third-order valence-corrected chi connectivity index (χ3v) is 4.19. The van der Waals surface area contributed by atoms with Crippen LogP contribution in [-0.2, 0) is 20.9 Å². The van der Waals surface area contributed by atoms with E-state index in [0.717, 1.165) is 18.4 Å². The zero-order valence-corrected chi connectivity index (χ0v) is 13.0. The van der Waals surface area contributed by atoms with Crippen LogP contribution in [0.5, 0.6) is 0 Å². The molecule has 1 unspecified atom stereocenters. The first-order chi connectivity index (χ1) is 11.1. The largest absolute Gasteiger partial charge is 0.352 e. The number of carbonyl (C=O) groups is 3. The van der Waals surface area contributed by atoms with Crippen LogP contribution in [0, 0.1) is 0 Å². The van der Waals surface area contributed by atoms with Crippen molar-refractivity contribution in [2.45, 2.75) is 44.3 Å². The van der Waals surface area contributed by atoms with Gasteiger partial charge in [0.15, 0.2) is 0 Å². The highest BCUT2D eigenvalue weighted by Gasteiger charge is 2.36. The predicted octanol–water partition coefficient (Wildman–Crippen LogP) is 0.572. The van der Waals surface area contributed by atoms with Crippen molar-refractivity contribution in [1.29, 1.82) is 0 Å². The Kier molecular flexibility index (Phi) is 4.60. The fourth-order valence-corrected chi connectivity index (χ4v) is 2.78. The Balaban J connectivity index is 1.55. The molecule has 0 spiro atoms. The number of nitrogens with zero attached hydrogens (tertiary/aromatic N) is 1. The molecule has 0 bridgehead atoms. The van der Waals surface area contributed by atoms with Crippen LogP contribution in [0.2, 0.25) is 0 Å². The Labute approximate surface area is 135 Å². The molecule has 1 aromatic carbocycles. The Bertz CT molecular complexity index is 598. The van der Waals surface area contributed by atoms with Crippen molar-refractivity contribution in [2.75, 3.05) is 6.54 Å². The normalized spacial score (nSPS) is 20.4. The number of hydrogen-bond donors (Lipinski definition) is 2. The van der Waals surface area contributed by atoms with E-state index in [4.69, 9.17) is 0 Å². The van der Waals surface area contributed by atoms with Crippen LogP contribution in [-0.4, -0.2) is 41.2 Å². The van der Waals surface area contributed by atoms with Crippen molar-refractivity contribution in [3.8, 4) is 0 Å². The molecule has 6 heteroatoms. The Morgan fingerprint density at radius 2 is 1.87 bits per heavy atom.